The summed E-state index contributed by atoms with van der Waals surface area (Å²) in [5.74, 6) is 1.25. The number of unbranched alkanes of at least 4 members (excludes halogenated alkanes) is 7. The van der Waals surface area contributed by atoms with Crippen LogP contribution in [0.15, 0.2) is 66.7 Å². The number of hydrogen-bond acceptors (Lipinski definition) is 3. The number of hydrogen-bond donors (Lipinski definition) is 0. The van der Waals surface area contributed by atoms with E-state index >= 15 is 0 Å². The number of carbonyl (C=O) groups excluding carboxylic acids is 1. The molecule has 0 saturated heterocycles. The third-order valence-electron chi connectivity index (χ3n) is 9.85. The number of ether oxygens (including phenoxy) is 2. The first-order chi connectivity index (χ1) is 22.7. The van der Waals surface area contributed by atoms with Crippen LogP contribution in [-0.4, -0.2) is 25.4 Å². The zero-order valence-corrected chi connectivity index (χ0v) is 28.5. The molecule has 47 heavy (non-hydrogen) atoms. The van der Waals surface area contributed by atoms with Gasteiger partial charge in [-0.1, -0.05) is 120 Å². The van der Waals surface area contributed by atoms with Gasteiger partial charge in [-0.2, -0.15) is 13.2 Å². The van der Waals surface area contributed by atoms with Crippen LogP contribution in [0.2, 0.25) is 0 Å². The molecule has 0 spiro atoms. The van der Waals surface area contributed by atoms with Crippen molar-refractivity contribution in [2.45, 2.75) is 128 Å². The molecule has 0 N–H and O–H groups in total. The molecule has 6 heteroatoms. The maximum Gasteiger partial charge on any atom is 0.425 e. The van der Waals surface area contributed by atoms with Gasteiger partial charge in [-0.3, -0.25) is 0 Å². The highest BCUT2D eigenvalue weighted by Gasteiger charge is 2.42. The Morgan fingerprint density at radius 3 is 1.96 bits per heavy atom. The van der Waals surface area contributed by atoms with E-state index in [9.17, 15) is 18.0 Å². The fourth-order valence-electron chi connectivity index (χ4n) is 6.91. The first kappa shape index (κ1) is 36.6. The average molecular weight is 651 g/mol. The monoisotopic (exact) mass is 650 g/mol. The molecule has 3 aromatic carbocycles. The number of rotatable bonds is 17. The van der Waals surface area contributed by atoms with E-state index in [2.05, 4.69) is 31.2 Å². The second kappa shape index (κ2) is 18.3. The maximum absolute atomic E-state index is 13.5. The van der Waals surface area contributed by atoms with Gasteiger partial charge < -0.3 is 9.47 Å². The van der Waals surface area contributed by atoms with Crippen molar-refractivity contribution in [3.63, 3.8) is 0 Å². The van der Waals surface area contributed by atoms with Crippen LogP contribution >= 0.6 is 0 Å². The van der Waals surface area contributed by atoms with Crippen molar-refractivity contribution in [2.75, 3.05) is 7.11 Å². The second-order valence-corrected chi connectivity index (χ2v) is 13.3. The lowest BCUT2D eigenvalue weighted by atomic mass is 9.77. The molecule has 1 fully saturated rings. The normalized spacial score (nSPS) is 17.3. The van der Waals surface area contributed by atoms with Crippen LogP contribution in [-0.2, 0) is 4.74 Å². The van der Waals surface area contributed by atoms with Gasteiger partial charge in [0, 0.05) is 5.56 Å². The minimum Gasteiger partial charge on any atom is -0.496 e. The Morgan fingerprint density at radius 1 is 0.745 bits per heavy atom. The summed E-state index contributed by atoms with van der Waals surface area (Å²) in [6.07, 6.45) is 9.37. The molecular weight excluding hydrogens is 597 g/mol. The second-order valence-electron chi connectivity index (χ2n) is 13.3. The number of carbonyl (C=O) groups is 1. The first-order valence-corrected chi connectivity index (χ1v) is 17.9. The summed E-state index contributed by atoms with van der Waals surface area (Å²) < 4.78 is 51.2. The molecule has 0 heterocycles. The molecule has 0 bridgehead atoms. The van der Waals surface area contributed by atoms with Crippen molar-refractivity contribution in [1.29, 1.82) is 0 Å². The van der Waals surface area contributed by atoms with Crippen molar-refractivity contribution in [3.8, 4) is 28.0 Å². The summed E-state index contributed by atoms with van der Waals surface area (Å²) in [6, 6.07) is 21.4. The minimum absolute atomic E-state index is 0.0862. The number of halogens is 3. The predicted molar refractivity (Wildman–Crippen MR) is 186 cm³/mol. The summed E-state index contributed by atoms with van der Waals surface area (Å²) in [6.45, 7) is 4.27. The molecule has 3 aromatic rings. The van der Waals surface area contributed by atoms with Crippen LogP contribution in [0.5, 0.6) is 5.75 Å². The van der Waals surface area contributed by atoms with Crippen LogP contribution in [0.1, 0.15) is 132 Å². The highest BCUT2D eigenvalue weighted by molar-refractivity contribution is 5.90. The number of esters is 1. The zero-order chi connectivity index (χ0) is 33.6. The van der Waals surface area contributed by atoms with Crippen LogP contribution in [0.4, 0.5) is 13.2 Å². The third-order valence-corrected chi connectivity index (χ3v) is 9.85. The largest absolute Gasteiger partial charge is 0.496 e. The molecule has 3 nitrogen and oxygen atoms in total. The molecule has 0 amide bonds. The van der Waals surface area contributed by atoms with Crippen molar-refractivity contribution >= 4 is 5.97 Å². The lowest BCUT2D eigenvalue weighted by Gasteiger charge is -2.29. The zero-order valence-electron chi connectivity index (χ0n) is 28.5. The smallest absolute Gasteiger partial charge is 0.425 e. The van der Waals surface area contributed by atoms with Gasteiger partial charge in [-0.25, -0.2) is 4.79 Å². The quantitative estimate of drug-likeness (QED) is 0.108. The van der Waals surface area contributed by atoms with Gasteiger partial charge in [-0.05, 0) is 90.8 Å². The van der Waals surface area contributed by atoms with Crippen LogP contribution in [0.25, 0.3) is 22.3 Å². The Bertz CT molecular complexity index is 1360. The van der Waals surface area contributed by atoms with Gasteiger partial charge >= 0.3 is 12.1 Å². The molecule has 1 aliphatic carbocycles. The molecule has 1 aliphatic rings. The lowest BCUT2D eigenvalue weighted by Crippen LogP contribution is -2.33. The standard InChI is InChI=1S/C41H53F3O3/c1-4-6-8-10-11-13-30-15-17-31(18-16-30)32-19-21-33(22-20-32)36-27-28-37(38(29-36)46-3)34-23-25-35(26-24-34)40(45)47-39(41(42,43)44)14-12-9-7-5-2/h19-31,39H,4-18H2,1-3H3. The SMILES string of the molecule is CCCCCCCC1CCC(c2ccc(-c3ccc(-c4ccc(C(=O)OC(CCCCCC)C(F)(F)F)cc4)c(OC)c3)cc2)CC1. The topological polar surface area (TPSA) is 35.5 Å². The molecule has 4 rings (SSSR count). The highest BCUT2D eigenvalue weighted by Crippen LogP contribution is 2.39. The molecule has 1 unspecified atom stereocenters. The van der Waals surface area contributed by atoms with Gasteiger partial charge in [0.05, 0.1) is 12.7 Å². The molecule has 0 aliphatic heterocycles. The number of benzene rings is 3. The van der Waals surface area contributed by atoms with E-state index < -0.39 is 18.2 Å². The molecule has 1 saturated carbocycles. The molecule has 0 radical (unpaired) electrons. The highest BCUT2D eigenvalue weighted by atomic mass is 19.4. The van der Waals surface area contributed by atoms with Crippen LogP contribution < -0.4 is 4.74 Å². The Balaban J connectivity index is 1.35. The van der Waals surface area contributed by atoms with Gasteiger partial charge in [0.25, 0.3) is 0 Å². The average Bonchev–Trinajstić information content (AvgIpc) is 3.09. The fourth-order valence-corrected chi connectivity index (χ4v) is 6.91. The summed E-state index contributed by atoms with van der Waals surface area (Å²) in [4.78, 5) is 12.6. The molecule has 1 atom stereocenters. The van der Waals surface area contributed by atoms with E-state index in [4.69, 9.17) is 9.47 Å². The molecule has 256 valence electrons. The minimum atomic E-state index is -4.59. The van der Waals surface area contributed by atoms with E-state index in [-0.39, 0.29) is 12.0 Å². The summed E-state index contributed by atoms with van der Waals surface area (Å²) in [5, 5.41) is 0. The molecule has 0 aromatic heterocycles. The Labute approximate surface area is 280 Å². The van der Waals surface area contributed by atoms with Gasteiger partial charge in [-0.15, -0.1) is 0 Å². The van der Waals surface area contributed by atoms with E-state index in [1.54, 1.807) is 19.2 Å². The predicted octanol–water partition coefficient (Wildman–Crippen LogP) is 12.7. The fraction of sp³-hybridized carbons (Fsp3) is 0.537. The Morgan fingerprint density at radius 2 is 1.34 bits per heavy atom. The number of methoxy groups -OCH3 is 1. The Hall–Kier alpha value is -3.28. The first-order valence-electron chi connectivity index (χ1n) is 17.9. The summed E-state index contributed by atoms with van der Waals surface area (Å²) >= 11 is 0. The van der Waals surface area contributed by atoms with Gasteiger partial charge in [0.15, 0.2) is 6.10 Å². The van der Waals surface area contributed by atoms with Crippen molar-refractivity contribution < 1.29 is 27.4 Å². The van der Waals surface area contributed by atoms with Gasteiger partial charge in [0.2, 0.25) is 0 Å². The molecular formula is C41H53F3O3. The number of alkyl halides is 3. The van der Waals surface area contributed by atoms with Crippen molar-refractivity contribution in [2.24, 2.45) is 5.92 Å². The van der Waals surface area contributed by atoms with Crippen molar-refractivity contribution in [3.05, 3.63) is 77.9 Å². The van der Waals surface area contributed by atoms with Crippen LogP contribution in [0.3, 0.4) is 0 Å². The van der Waals surface area contributed by atoms with Crippen LogP contribution in [0, 0.1) is 5.92 Å². The maximum atomic E-state index is 13.5. The lowest BCUT2D eigenvalue weighted by molar-refractivity contribution is -0.206. The van der Waals surface area contributed by atoms with E-state index in [0.717, 1.165) is 41.0 Å². The van der Waals surface area contributed by atoms with Crippen molar-refractivity contribution in [1.82, 2.24) is 0 Å². The van der Waals surface area contributed by atoms with Gasteiger partial charge in [0.1, 0.15) is 5.75 Å². The summed E-state index contributed by atoms with van der Waals surface area (Å²) in [5.41, 5.74) is 5.30. The van der Waals surface area contributed by atoms with E-state index in [0.29, 0.717) is 24.5 Å². The third kappa shape index (κ3) is 10.9. The summed E-state index contributed by atoms with van der Waals surface area (Å²) in [7, 11) is 1.62. The Kier molecular flexibility index (Phi) is 14.2. The van der Waals surface area contributed by atoms with E-state index in [1.807, 2.05) is 25.1 Å². The van der Waals surface area contributed by atoms with E-state index in [1.165, 1.54) is 81.9 Å².